The van der Waals surface area contributed by atoms with Crippen LogP contribution in [0.4, 0.5) is 0 Å². The molecule has 2 aromatic carbocycles. The van der Waals surface area contributed by atoms with Crippen molar-refractivity contribution in [3.63, 3.8) is 0 Å². The minimum absolute atomic E-state index is 0.155. The number of nitrogens with zero attached hydrogens (tertiary/aromatic N) is 2. The van der Waals surface area contributed by atoms with E-state index in [9.17, 15) is 13.2 Å². The number of carbonyl (C=O) groups excluding carboxylic acids is 1. The Kier molecular flexibility index (Phi) is 6.21. The van der Waals surface area contributed by atoms with Gasteiger partial charge in [-0.05, 0) is 62.9 Å². The Morgan fingerprint density at radius 1 is 1.14 bits per heavy atom. The summed E-state index contributed by atoms with van der Waals surface area (Å²) < 4.78 is 28.9. The highest BCUT2D eigenvalue weighted by molar-refractivity contribution is 9.10. The third-order valence-corrected chi connectivity index (χ3v) is 6.46. The Morgan fingerprint density at radius 2 is 1.83 bits per heavy atom. The van der Waals surface area contributed by atoms with E-state index in [1.54, 1.807) is 23.7 Å². The summed E-state index contributed by atoms with van der Waals surface area (Å²) >= 11 is 3.41. The molecule has 0 aliphatic heterocycles. The summed E-state index contributed by atoms with van der Waals surface area (Å²) in [7, 11) is -2.18. The molecule has 0 saturated carbocycles. The fourth-order valence-electron chi connectivity index (χ4n) is 3.02. The number of amides is 1. The molecule has 1 heterocycles. The highest BCUT2D eigenvalue weighted by atomic mass is 79.9. The Balaban J connectivity index is 1.80. The molecule has 0 unspecified atom stereocenters. The van der Waals surface area contributed by atoms with E-state index in [1.807, 2.05) is 31.2 Å². The van der Waals surface area contributed by atoms with Crippen molar-refractivity contribution in [1.82, 2.24) is 19.8 Å². The highest BCUT2D eigenvalue weighted by Gasteiger charge is 2.19. The first-order valence-electron chi connectivity index (χ1n) is 8.86. The fourth-order valence-corrected chi connectivity index (χ4v) is 4.08. The maximum Gasteiger partial charge on any atom is 0.255 e. The SMILES string of the molecule is CNS(=O)(=O)c1cccc(CNC(=O)c2c(C)nn(-c3ccc(Br)cc3)c2C)c1. The zero-order valence-corrected chi connectivity index (χ0v) is 18.6. The van der Waals surface area contributed by atoms with Gasteiger partial charge in [-0.3, -0.25) is 4.79 Å². The largest absolute Gasteiger partial charge is 0.348 e. The molecular formula is C20H21BrN4O3S. The van der Waals surface area contributed by atoms with Gasteiger partial charge in [0.2, 0.25) is 10.0 Å². The number of halogens is 1. The van der Waals surface area contributed by atoms with Crippen molar-refractivity contribution in [3.8, 4) is 5.69 Å². The van der Waals surface area contributed by atoms with Gasteiger partial charge in [-0.1, -0.05) is 28.1 Å². The minimum atomic E-state index is -3.53. The van der Waals surface area contributed by atoms with E-state index in [-0.39, 0.29) is 17.3 Å². The van der Waals surface area contributed by atoms with Gasteiger partial charge in [0.15, 0.2) is 0 Å². The van der Waals surface area contributed by atoms with E-state index in [1.165, 1.54) is 19.2 Å². The average Bonchev–Trinajstić information content (AvgIpc) is 3.01. The number of sulfonamides is 1. The molecule has 1 amide bonds. The first kappa shape index (κ1) is 21.2. The molecule has 7 nitrogen and oxygen atoms in total. The molecule has 3 rings (SSSR count). The van der Waals surface area contributed by atoms with E-state index in [2.05, 4.69) is 31.1 Å². The maximum atomic E-state index is 12.8. The van der Waals surface area contributed by atoms with Gasteiger partial charge >= 0.3 is 0 Å². The van der Waals surface area contributed by atoms with E-state index >= 15 is 0 Å². The number of nitrogens with one attached hydrogen (secondary N) is 2. The Hall–Kier alpha value is -2.49. The summed E-state index contributed by atoms with van der Waals surface area (Å²) in [5.74, 6) is -0.259. The summed E-state index contributed by atoms with van der Waals surface area (Å²) in [4.78, 5) is 12.9. The molecule has 0 aliphatic rings. The van der Waals surface area contributed by atoms with Crippen LogP contribution in [0.1, 0.15) is 27.3 Å². The zero-order chi connectivity index (χ0) is 21.2. The quantitative estimate of drug-likeness (QED) is 0.571. The van der Waals surface area contributed by atoms with Gasteiger partial charge in [0.05, 0.1) is 27.5 Å². The van der Waals surface area contributed by atoms with Crippen molar-refractivity contribution in [2.45, 2.75) is 25.3 Å². The maximum absolute atomic E-state index is 12.8. The predicted octanol–water partition coefficient (Wildman–Crippen LogP) is 3.09. The van der Waals surface area contributed by atoms with Crippen molar-refractivity contribution in [1.29, 1.82) is 0 Å². The van der Waals surface area contributed by atoms with E-state index < -0.39 is 10.0 Å². The van der Waals surface area contributed by atoms with Crippen molar-refractivity contribution < 1.29 is 13.2 Å². The standard InChI is InChI=1S/C20H21BrN4O3S/c1-13-19(14(2)25(24-13)17-9-7-16(21)8-10-17)20(26)23-12-15-5-4-6-18(11-15)29(27,28)22-3/h4-11,22H,12H2,1-3H3,(H,23,26). The lowest BCUT2D eigenvalue weighted by molar-refractivity contribution is 0.0949. The molecular weight excluding hydrogens is 456 g/mol. The van der Waals surface area contributed by atoms with Crippen LogP contribution in [0.2, 0.25) is 0 Å². The van der Waals surface area contributed by atoms with Crippen LogP contribution in [0.25, 0.3) is 5.69 Å². The number of hydrogen-bond donors (Lipinski definition) is 2. The van der Waals surface area contributed by atoms with Gasteiger partial charge in [0.1, 0.15) is 0 Å². The normalized spacial score (nSPS) is 11.4. The summed E-state index contributed by atoms with van der Waals surface area (Å²) in [5.41, 5.74) is 3.40. The van der Waals surface area contributed by atoms with Crippen molar-refractivity contribution in [2.75, 3.05) is 7.05 Å². The number of hydrogen-bond acceptors (Lipinski definition) is 4. The molecule has 0 saturated heterocycles. The van der Waals surface area contributed by atoms with Crippen LogP contribution in [-0.4, -0.2) is 31.2 Å². The Labute approximate surface area is 178 Å². The molecule has 2 N–H and O–H groups in total. The van der Waals surface area contributed by atoms with Crippen LogP contribution in [0, 0.1) is 13.8 Å². The topological polar surface area (TPSA) is 93.1 Å². The molecule has 29 heavy (non-hydrogen) atoms. The van der Waals surface area contributed by atoms with Crippen LogP contribution in [0.5, 0.6) is 0 Å². The number of benzene rings is 2. The lowest BCUT2D eigenvalue weighted by atomic mass is 10.1. The lowest BCUT2D eigenvalue weighted by Gasteiger charge is -2.09. The molecule has 0 atom stereocenters. The van der Waals surface area contributed by atoms with Crippen molar-refractivity contribution in [3.05, 3.63) is 75.5 Å². The van der Waals surface area contributed by atoms with Gasteiger partial charge in [0.25, 0.3) is 5.91 Å². The number of aromatic nitrogens is 2. The molecule has 1 aromatic heterocycles. The smallest absolute Gasteiger partial charge is 0.255 e. The molecule has 0 radical (unpaired) electrons. The van der Waals surface area contributed by atoms with Crippen LogP contribution < -0.4 is 10.0 Å². The predicted molar refractivity (Wildman–Crippen MR) is 115 cm³/mol. The first-order valence-corrected chi connectivity index (χ1v) is 11.1. The third-order valence-electron chi connectivity index (χ3n) is 4.52. The first-order chi connectivity index (χ1) is 13.7. The Morgan fingerprint density at radius 3 is 2.48 bits per heavy atom. The average molecular weight is 477 g/mol. The number of rotatable bonds is 6. The van der Waals surface area contributed by atoms with Crippen LogP contribution >= 0.6 is 15.9 Å². The minimum Gasteiger partial charge on any atom is -0.348 e. The molecule has 152 valence electrons. The van der Waals surface area contributed by atoms with E-state index in [0.29, 0.717) is 16.8 Å². The number of aryl methyl sites for hydroxylation is 1. The van der Waals surface area contributed by atoms with E-state index in [0.717, 1.165) is 15.9 Å². The second kappa shape index (κ2) is 8.48. The number of carbonyl (C=O) groups is 1. The summed E-state index contributed by atoms with van der Waals surface area (Å²) in [6.45, 7) is 3.84. The zero-order valence-electron chi connectivity index (χ0n) is 16.2. The van der Waals surface area contributed by atoms with Crippen LogP contribution in [-0.2, 0) is 16.6 Å². The fraction of sp³-hybridized carbons (Fsp3) is 0.200. The molecule has 0 aliphatic carbocycles. The van der Waals surface area contributed by atoms with Gasteiger partial charge in [-0.2, -0.15) is 5.10 Å². The lowest BCUT2D eigenvalue weighted by Crippen LogP contribution is -2.24. The summed E-state index contributed by atoms with van der Waals surface area (Å²) in [6, 6.07) is 14.1. The van der Waals surface area contributed by atoms with Gasteiger partial charge in [0, 0.05) is 11.0 Å². The Bertz CT molecular complexity index is 1150. The third kappa shape index (κ3) is 4.58. The highest BCUT2D eigenvalue weighted by Crippen LogP contribution is 2.20. The molecule has 0 bridgehead atoms. The summed E-state index contributed by atoms with van der Waals surface area (Å²) in [5, 5.41) is 7.35. The van der Waals surface area contributed by atoms with Crippen molar-refractivity contribution in [2.24, 2.45) is 0 Å². The second-order valence-corrected chi connectivity index (χ2v) is 9.27. The monoisotopic (exact) mass is 476 g/mol. The van der Waals surface area contributed by atoms with Gasteiger partial charge in [-0.15, -0.1) is 0 Å². The van der Waals surface area contributed by atoms with Crippen LogP contribution in [0.15, 0.2) is 57.9 Å². The second-order valence-electron chi connectivity index (χ2n) is 6.47. The van der Waals surface area contributed by atoms with Crippen LogP contribution in [0.3, 0.4) is 0 Å². The molecule has 9 heteroatoms. The molecule has 3 aromatic rings. The van der Waals surface area contributed by atoms with Crippen molar-refractivity contribution >= 4 is 31.9 Å². The molecule has 0 fully saturated rings. The van der Waals surface area contributed by atoms with Gasteiger partial charge in [-0.25, -0.2) is 17.8 Å². The molecule has 0 spiro atoms. The van der Waals surface area contributed by atoms with Gasteiger partial charge < -0.3 is 5.32 Å². The van der Waals surface area contributed by atoms with E-state index in [4.69, 9.17) is 0 Å². The summed E-state index contributed by atoms with van der Waals surface area (Å²) in [6.07, 6.45) is 0.